The maximum atomic E-state index is 13.1. The van der Waals surface area contributed by atoms with E-state index in [-0.39, 0.29) is 5.82 Å². The third kappa shape index (κ3) is 3.85. The lowest BCUT2D eigenvalue weighted by Crippen LogP contribution is -2.36. The van der Waals surface area contributed by atoms with Gasteiger partial charge in [0.2, 0.25) is 5.89 Å². The molecule has 1 heterocycles. The van der Waals surface area contributed by atoms with E-state index in [1.54, 1.807) is 12.1 Å². The number of benzene rings is 1. The van der Waals surface area contributed by atoms with Gasteiger partial charge >= 0.3 is 0 Å². The molecule has 0 saturated heterocycles. The molecule has 1 saturated carbocycles. The summed E-state index contributed by atoms with van der Waals surface area (Å²) < 4.78 is 18.9. The molecule has 1 aliphatic carbocycles. The van der Waals surface area contributed by atoms with Crippen molar-refractivity contribution < 1.29 is 8.81 Å². The van der Waals surface area contributed by atoms with Crippen molar-refractivity contribution >= 4 is 0 Å². The molecule has 0 amide bonds. The van der Waals surface area contributed by atoms with Gasteiger partial charge in [-0.05, 0) is 44.0 Å². The van der Waals surface area contributed by atoms with Crippen LogP contribution in [0, 0.1) is 25.1 Å². The Labute approximate surface area is 142 Å². The quantitative estimate of drug-likeness (QED) is 0.755. The fourth-order valence-corrected chi connectivity index (χ4v) is 3.36. The van der Waals surface area contributed by atoms with Gasteiger partial charge in [-0.3, -0.25) is 4.90 Å². The van der Waals surface area contributed by atoms with Gasteiger partial charge in [-0.15, -0.1) is 6.42 Å². The van der Waals surface area contributed by atoms with Crippen molar-refractivity contribution in [3.05, 3.63) is 41.5 Å². The van der Waals surface area contributed by atoms with E-state index in [1.807, 2.05) is 6.92 Å². The number of hydrogen-bond donors (Lipinski definition) is 0. The normalized spacial score (nSPS) is 15.6. The van der Waals surface area contributed by atoms with Crippen LogP contribution in [-0.4, -0.2) is 22.5 Å². The SMILES string of the molecule is C#CCN(Cc1nc(-c2ccc(F)cc2)oc1C)C1CCCCC1. The lowest BCUT2D eigenvalue weighted by atomic mass is 9.94. The van der Waals surface area contributed by atoms with Crippen molar-refractivity contribution in [2.75, 3.05) is 6.54 Å². The molecule has 1 fully saturated rings. The summed E-state index contributed by atoms with van der Waals surface area (Å²) in [4.78, 5) is 6.96. The number of nitrogens with zero attached hydrogens (tertiary/aromatic N) is 2. The minimum Gasteiger partial charge on any atom is -0.441 e. The highest BCUT2D eigenvalue weighted by Gasteiger charge is 2.23. The molecule has 1 aliphatic rings. The number of rotatable bonds is 5. The van der Waals surface area contributed by atoms with Gasteiger partial charge in [-0.2, -0.15) is 0 Å². The van der Waals surface area contributed by atoms with E-state index in [0.29, 0.717) is 25.0 Å². The maximum absolute atomic E-state index is 13.1. The predicted molar refractivity (Wildman–Crippen MR) is 92.8 cm³/mol. The smallest absolute Gasteiger partial charge is 0.226 e. The fraction of sp³-hybridized carbons (Fsp3) is 0.450. The molecule has 0 radical (unpaired) electrons. The number of halogens is 1. The van der Waals surface area contributed by atoms with Gasteiger partial charge in [0.25, 0.3) is 0 Å². The van der Waals surface area contributed by atoms with Crippen LogP contribution in [0.15, 0.2) is 28.7 Å². The average Bonchev–Trinajstić information content (AvgIpc) is 2.97. The summed E-state index contributed by atoms with van der Waals surface area (Å²) in [7, 11) is 0. The molecular formula is C20H23FN2O. The molecule has 0 spiro atoms. The number of aromatic nitrogens is 1. The molecule has 0 bridgehead atoms. The van der Waals surface area contributed by atoms with Gasteiger partial charge in [-0.1, -0.05) is 25.2 Å². The van der Waals surface area contributed by atoms with Crippen LogP contribution >= 0.6 is 0 Å². The first-order valence-electron chi connectivity index (χ1n) is 8.57. The Morgan fingerprint density at radius 3 is 2.62 bits per heavy atom. The molecule has 1 aromatic heterocycles. The zero-order valence-corrected chi connectivity index (χ0v) is 14.1. The minimum absolute atomic E-state index is 0.264. The van der Waals surface area contributed by atoms with Crippen molar-refractivity contribution in [2.45, 2.75) is 51.6 Å². The maximum Gasteiger partial charge on any atom is 0.226 e. The molecule has 24 heavy (non-hydrogen) atoms. The average molecular weight is 326 g/mol. The number of aryl methyl sites for hydroxylation is 1. The van der Waals surface area contributed by atoms with E-state index in [0.717, 1.165) is 17.0 Å². The molecular weight excluding hydrogens is 303 g/mol. The number of terminal acetylenes is 1. The second kappa shape index (κ2) is 7.63. The van der Waals surface area contributed by atoms with E-state index < -0.39 is 0 Å². The number of hydrogen-bond acceptors (Lipinski definition) is 3. The summed E-state index contributed by atoms with van der Waals surface area (Å²) >= 11 is 0. The van der Waals surface area contributed by atoms with Crippen LogP contribution in [0.2, 0.25) is 0 Å². The van der Waals surface area contributed by atoms with E-state index in [2.05, 4.69) is 15.8 Å². The Morgan fingerprint density at radius 2 is 1.96 bits per heavy atom. The topological polar surface area (TPSA) is 29.3 Å². The summed E-state index contributed by atoms with van der Waals surface area (Å²) in [5, 5.41) is 0. The molecule has 126 valence electrons. The van der Waals surface area contributed by atoms with E-state index in [9.17, 15) is 4.39 Å². The predicted octanol–water partition coefficient (Wildman–Crippen LogP) is 4.56. The highest BCUT2D eigenvalue weighted by atomic mass is 19.1. The standard InChI is InChI=1S/C20H23FN2O/c1-3-13-23(18-7-5-4-6-8-18)14-19-15(2)24-20(22-19)16-9-11-17(21)12-10-16/h1,9-12,18H,4-8,13-14H2,2H3. The Hall–Kier alpha value is -2.12. The highest BCUT2D eigenvalue weighted by molar-refractivity contribution is 5.53. The Balaban J connectivity index is 1.78. The van der Waals surface area contributed by atoms with Gasteiger partial charge in [0, 0.05) is 18.2 Å². The Morgan fingerprint density at radius 1 is 1.25 bits per heavy atom. The summed E-state index contributed by atoms with van der Waals surface area (Å²) in [6.07, 6.45) is 11.8. The largest absolute Gasteiger partial charge is 0.441 e. The monoisotopic (exact) mass is 326 g/mol. The fourth-order valence-electron chi connectivity index (χ4n) is 3.36. The molecule has 0 aliphatic heterocycles. The van der Waals surface area contributed by atoms with Crippen molar-refractivity contribution in [1.29, 1.82) is 0 Å². The first-order valence-corrected chi connectivity index (χ1v) is 8.57. The minimum atomic E-state index is -0.264. The Bertz CT molecular complexity index is 708. The molecule has 3 nitrogen and oxygen atoms in total. The first-order chi connectivity index (χ1) is 11.7. The van der Waals surface area contributed by atoms with Crippen molar-refractivity contribution in [3.8, 4) is 23.8 Å². The lowest BCUT2D eigenvalue weighted by Gasteiger charge is -2.32. The molecule has 0 atom stereocenters. The Kier molecular flexibility index (Phi) is 5.32. The van der Waals surface area contributed by atoms with E-state index in [1.165, 1.54) is 44.2 Å². The third-order valence-electron chi connectivity index (χ3n) is 4.72. The molecule has 2 aromatic rings. The molecule has 0 N–H and O–H groups in total. The lowest BCUT2D eigenvalue weighted by molar-refractivity contribution is 0.165. The summed E-state index contributed by atoms with van der Waals surface area (Å²) in [5.41, 5.74) is 1.70. The van der Waals surface area contributed by atoms with Crippen molar-refractivity contribution in [3.63, 3.8) is 0 Å². The molecule has 3 rings (SSSR count). The van der Waals surface area contributed by atoms with E-state index >= 15 is 0 Å². The van der Waals surface area contributed by atoms with Crippen molar-refractivity contribution in [2.24, 2.45) is 0 Å². The number of oxazole rings is 1. The van der Waals surface area contributed by atoms with Crippen molar-refractivity contribution in [1.82, 2.24) is 9.88 Å². The van der Waals surface area contributed by atoms with Crippen LogP contribution in [0.4, 0.5) is 4.39 Å². The van der Waals surface area contributed by atoms with Gasteiger partial charge in [0.1, 0.15) is 11.6 Å². The summed E-state index contributed by atoms with van der Waals surface area (Å²) in [6.45, 7) is 3.25. The van der Waals surface area contributed by atoms with Gasteiger partial charge in [-0.25, -0.2) is 9.37 Å². The van der Waals surface area contributed by atoms with Crippen LogP contribution in [0.1, 0.15) is 43.6 Å². The van der Waals surface area contributed by atoms with Gasteiger partial charge < -0.3 is 4.42 Å². The third-order valence-corrected chi connectivity index (χ3v) is 4.72. The second-order valence-electron chi connectivity index (χ2n) is 6.43. The first kappa shape index (κ1) is 16.7. The van der Waals surface area contributed by atoms with Crippen LogP contribution in [-0.2, 0) is 6.54 Å². The van der Waals surface area contributed by atoms with Crippen LogP contribution in [0.3, 0.4) is 0 Å². The van der Waals surface area contributed by atoms with Crippen LogP contribution < -0.4 is 0 Å². The van der Waals surface area contributed by atoms with Crippen LogP contribution in [0.5, 0.6) is 0 Å². The summed E-state index contributed by atoms with van der Waals surface area (Å²) in [6, 6.07) is 6.73. The molecule has 1 aromatic carbocycles. The van der Waals surface area contributed by atoms with Gasteiger partial charge in [0.15, 0.2) is 0 Å². The van der Waals surface area contributed by atoms with E-state index in [4.69, 9.17) is 10.8 Å². The highest BCUT2D eigenvalue weighted by Crippen LogP contribution is 2.26. The summed E-state index contributed by atoms with van der Waals surface area (Å²) in [5.74, 6) is 3.84. The van der Waals surface area contributed by atoms with Crippen LogP contribution in [0.25, 0.3) is 11.5 Å². The zero-order chi connectivity index (χ0) is 16.9. The van der Waals surface area contributed by atoms with Gasteiger partial charge in [0.05, 0.1) is 12.2 Å². The second-order valence-corrected chi connectivity index (χ2v) is 6.43. The molecule has 0 unspecified atom stereocenters. The zero-order valence-electron chi connectivity index (χ0n) is 14.1. The molecule has 4 heteroatoms.